The number of likely N-dealkylation sites (N-methyl/N-ethyl adjacent to an activating group) is 1. The summed E-state index contributed by atoms with van der Waals surface area (Å²) in [5.74, 6) is -0.224. The molecule has 1 saturated heterocycles. The van der Waals surface area contributed by atoms with E-state index in [-0.39, 0.29) is 12.5 Å². The van der Waals surface area contributed by atoms with Crippen LogP contribution in [0, 0.1) is 0 Å². The summed E-state index contributed by atoms with van der Waals surface area (Å²) in [6, 6.07) is 6.64. The Bertz CT molecular complexity index is 461. The van der Waals surface area contributed by atoms with Crippen LogP contribution in [0.3, 0.4) is 0 Å². The highest BCUT2D eigenvalue weighted by molar-refractivity contribution is 6.30. The van der Waals surface area contributed by atoms with Crippen molar-refractivity contribution in [2.75, 3.05) is 13.7 Å². The first-order valence-corrected chi connectivity index (χ1v) is 5.87. The van der Waals surface area contributed by atoms with Crippen LogP contribution < -0.4 is 5.32 Å². The lowest BCUT2D eigenvalue weighted by atomic mass is 10.2. The van der Waals surface area contributed by atoms with Gasteiger partial charge in [0.25, 0.3) is 0 Å². The zero-order valence-electron chi connectivity index (χ0n) is 9.85. The first-order valence-electron chi connectivity index (χ1n) is 5.49. The van der Waals surface area contributed by atoms with E-state index in [9.17, 15) is 9.59 Å². The molecule has 6 heteroatoms. The second kappa shape index (κ2) is 5.27. The summed E-state index contributed by atoms with van der Waals surface area (Å²) >= 11 is 5.77. The van der Waals surface area contributed by atoms with Crippen LogP contribution in [0.4, 0.5) is 4.79 Å². The van der Waals surface area contributed by atoms with Gasteiger partial charge in [-0.25, -0.2) is 4.79 Å². The van der Waals surface area contributed by atoms with Crippen molar-refractivity contribution < 1.29 is 14.3 Å². The van der Waals surface area contributed by atoms with E-state index < -0.39 is 12.1 Å². The average molecular weight is 269 g/mol. The molecule has 0 aliphatic carbocycles. The molecule has 2 rings (SSSR count). The van der Waals surface area contributed by atoms with E-state index in [0.29, 0.717) is 11.6 Å². The van der Waals surface area contributed by atoms with Gasteiger partial charge in [-0.1, -0.05) is 23.7 Å². The highest BCUT2D eigenvalue weighted by Crippen LogP contribution is 2.11. The standard InChI is InChI=1S/C12H13ClN2O3/c1-15-10(7-18-12(15)17)11(16)14-6-8-2-4-9(13)5-3-8/h2-5,10H,6-7H2,1H3,(H,14,16). The maximum Gasteiger partial charge on any atom is 0.410 e. The Kier molecular flexibility index (Phi) is 3.72. The lowest BCUT2D eigenvalue weighted by Crippen LogP contribution is -2.43. The topological polar surface area (TPSA) is 58.6 Å². The Morgan fingerprint density at radius 1 is 1.50 bits per heavy atom. The number of nitrogens with zero attached hydrogens (tertiary/aromatic N) is 1. The molecule has 5 nitrogen and oxygen atoms in total. The summed E-state index contributed by atoms with van der Waals surface area (Å²) in [6.45, 7) is 0.496. The molecule has 0 saturated carbocycles. The number of benzene rings is 1. The van der Waals surface area contributed by atoms with Crippen molar-refractivity contribution in [3.63, 3.8) is 0 Å². The Hall–Kier alpha value is -1.75. The van der Waals surface area contributed by atoms with Crippen molar-refractivity contribution in [2.45, 2.75) is 12.6 Å². The van der Waals surface area contributed by atoms with E-state index in [1.54, 1.807) is 19.2 Å². The van der Waals surface area contributed by atoms with Crippen molar-refractivity contribution in [1.29, 1.82) is 0 Å². The summed E-state index contributed by atoms with van der Waals surface area (Å²) in [6.07, 6.45) is -0.471. The third-order valence-electron chi connectivity index (χ3n) is 2.80. The maximum absolute atomic E-state index is 11.8. The van der Waals surface area contributed by atoms with E-state index in [4.69, 9.17) is 16.3 Å². The number of halogens is 1. The number of rotatable bonds is 3. The smallest absolute Gasteiger partial charge is 0.410 e. The number of carbonyl (C=O) groups is 2. The molecule has 1 aliphatic heterocycles. The van der Waals surface area contributed by atoms with Gasteiger partial charge in [0.1, 0.15) is 12.6 Å². The summed E-state index contributed by atoms with van der Waals surface area (Å²) in [5, 5.41) is 3.41. The van der Waals surface area contributed by atoms with Gasteiger partial charge in [-0.3, -0.25) is 9.69 Å². The minimum Gasteiger partial charge on any atom is -0.447 e. The fourth-order valence-electron chi connectivity index (χ4n) is 1.65. The Morgan fingerprint density at radius 2 is 2.17 bits per heavy atom. The quantitative estimate of drug-likeness (QED) is 0.902. The minimum absolute atomic E-state index is 0.0990. The zero-order valence-corrected chi connectivity index (χ0v) is 10.6. The van der Waals surface area contributed by atoms with Gasteiger partial charge in [-0.05, 0) is 17.7 Å². The van der Waals surface area contributed by atoms with Crippen molar-refractivity contribution in [2.24, 2.45) is 0 Å². The molecule has 0 aromatic heterocycles. The first-order chi connectivity index (χ1) is 8.58. The molecule has 1 aromatic carbocycles. The predicted molar refractivity (Wildman–Crippen MR) is 66.2 cm³/mol. The molecule has 1 atom stereocenters. The number of hydrogen-bond acceptors (Lipinski definition) is 3. The molecule has 96 valence electrons. The number of nitrogens with one attached hydrogen (secondary N) is 1. The number of cyclic esters (lactones) is 1. The minimum atomic E-state index is -0.551. The highest BCUT2D eigenvalue weighted by Gasteiger charge is 2.34. The van der Waals surface area contributed by atoms with Gasteiger partial charge in [0.05, 0.1) is 0 Å². The van der Waals surface area contributed by atoms with E-state index in [1.165, 1.54) is 4.90 Å². The number of hydrogen-bond donors (Lipinski definition) is 1. The fourth-order valence-corrected chi connectivity index (χ4v) is 1.78. The second-order valence-electron chi connectivity index (χ2n) is 4.05. The maximum atomic E-state index is 11.8. The van der Waals surface area contributed by atoms with Crippen LogP contribution in [0.25, 0.3) is 0 Å². The molecule has 1 heterocycles. The first kappa shape index (κ1) is 12.7. The van der Waals surface area contributed by atoms with Crippen LogP contribution in [-0.4, -0.2) is 36.6 Å². The largest absolute Gasteiger partial charge is 0.447 e. The molecule has 18 heavy (non-hydrogen) atoms. The van der Waals surface area contributed by atoms with E-state index >= 15 is 0 Å². The van der Waals surface area contributed by atoms with Gasteiger partial charge < -0.3 is 10.1 Å². The molecule has 0 bridgehead atoms. The van der Waals surface area contributed by atoms with Crippen LogP contribution in [-0.2, 0) is 16.1 Å². The third-order valence-corrected chi connectivity index (χ3v) is 3.05. The molecule has 1 N–H and O–H groups in total. The van der Waals surface area contributed by atoms with Gasteiger partial charge in [0.2, 0.25) is 5.91 Å². The van der Waals surface area contributed by atoms with Gasteiger partial charge >= 0.3 is 6.09 Å². The van der Waals surface area contributed by atoms with E-state index in [0.717, 1.165) is 5.56 Å². The summed E-state index contributed by atoms with van der Waals surface area (Å²) in [5.41, 5.74) is 0.945. The van der Waals surface area contributed by atoms with Crippen molar-refractivity contribution >= 4 is 23.6 Å². The van der Waals surface area contributed by atoms with Crippen LogP contribution >= 0.6 is 11.6 Å². The number of amides is 2. The molecule has 0 spiro atoms. The van der Waals surface area contributed by atoms with Gasteiger partial charge in [-0.15, -0.1) is 0 Å². The van der Waals surface area contributed by atoms with Crippen LogP contribution in [0.2, 0.25) is 5.02 Å². The SMILES string of the molecule is CN1C(=O)OCC1C(=O)NCc1ccc(Cl)cc1. The van der Waals surface area contributed by atoms with E-state index in [1.807, 2.05) is 12.1 Å². The third kappa shape index (κ3) is 2.73. The predicted octanol–water partition coefficient (Wildman–Crippen LogP) is 1.41. The molecular weight excluding hydrogens is 256 g/mol. The Morgan fingerprint density at radius 3 is 2.72 bits per heavy atom. The lowest BCUT2D eigenvalue weighted by molar-refractivity contribution is -0.124. The van der Waals surface area contributed by atoms with Crippen LogP contribution in [0.15, 0.2) is 24.3 Å². The molecule has 1 fully saturated rings. The van der Waals surface area contributed by atoms with Gasteiger partial charge in [0, 0.05) is 18.6 Å². The molecule has 1 unspecified atom stereocenters. The van der Waals surface area contributed by atoms with E-state index in [2.05, 4.69) is 5.32 Å². The van der Waals surface area contributed by atoms with Crippen LogP contribution in [0.5, 0.6) is 0 Å². The van der Waals surface area contributed by atoms with Crippen molar-refractivity contribution in [3.8, 4) is 0 Å². The molecule has 1 aliphatic rings. The molecule has 1 aromatic rings. The number of ether oxygens (including phenoxy) is 1. The molecule has 0 radical (unpaired) electrons. The normalized spacial score (nSPS) is 18.7. The van der Waals surface area contributed by atoms with Gasteiger partial charge in [-0.2, -0.15) is 0 Å². The van der Waals surface area contributed by atoms with Crippen LogP contribution in [0.1, 0.15) is 5.56 Å². The fraction of sp³-hybridized carbons (Fsp3) is 0.333. The summed E-state index contributed by atoms with van der Waals surface area (Å²) in [7, 11) is 1.54. The summed E-state index contributed by atoms with van der Waals surface area (Å²) in [4.78, 5) is 24.2. The lowest BCUT2D eigenvalue weighted by Gasteiger charge is -2.15. The van der Waals surface area contributed by atoms with Crippen molar-refractivity contribution in [1.82, 2.24) is 10.2 Å². The Balaban J connectivity index is 1.89. The molecule has 2 amide bonds. The number of carbonyl (C=O) groups excluding carboxylic acids is 2. The monoisotopic (exact) mass is 268 g/mol. The second-order valence-corrected chi connectivity index (χ2v) is 4.48. The Labute approximate surface area is 110 Å². The summed E-state index contributed by atoms with van der Waals surface area (Å²) < 4.78 is 4.78. The van der Waals surface area contributed by atoms with Gasteiger partial charge in [0.15, 0.2) is 0 Å². The zero-order chi connectivity index (χ0) is 13.1. The van der Waals surface area contributed by atoms with Crippen molar-refractivity contribution in [3.05, 3.63) is 34.9 Å². The average Bonchev–Trinajstić information content (AvgIpc) is 2.69. The highest BCUT2D eigenvalue weighted by atomic mass is 35.5. The molecular formula is C12H13ClN2O3.